The van der Waals surface area contributed by atoms with Crippen LogP contribution in [-0.4, -0.2) is 42.1 Å². The zero-order valence-corrected chi connectivity index (χ0v) is 13.9. The standard InChI is InChI=1S/C19H23NO4/c1-24-18(23)16-11-19(16)5-7-20(8-6-19)17(22)15-10-14(15)12-3-2-4-13(21)9-12/h2-4,9,14-16,21H,5-8,10-11H2,1H3/t14-,15+,16?/m1/s1. The molecule has 4 rings (SSSR count). The third kappa shape index (κ3) is 2.56. The number of amides is 1. The first-order chi connectivity index (χ1) is 11.5. The van der Waals surface area contributed by atoms with Crippen molar-refractivity contribution in [3.63, 3.8) is 0 Å². The molecule has 0 radical (unpaired) electrons. The lowest BCUT2D eigenvalue weighted by Crippen LogP contribution is -2.41. The van der Waals surface area contributed by atoms with E-state index < -0.39 is 0 Å². The molecular formula is C19H23NO4. The van der Waals surface area contributed by atoms with Gasteiger partial charge < -0.3 is 14.7 Å². The molecular weight excluding hydrogens is 306 g/mol. The molecule has 1 aliphatic heterocycles. The second-order valence-corrected chi connectivity index (χ2v) is 7.51. The number of carbonyl (C=O) groups excluding carboxylic acids is 2. The van der Waals surface area contributed by atoms with E-state index in [1.54, 1.807) is 12.1 Å². The lowest BCUT2D eigenvalue weighted by atomic mass is 9.90. The summed E-state index contributed by atoms with van der Waals surface area (Å²) < 4.78 is 4.86. The Kier molecular flexibility index (Phi) is 3.55. The van der Waals surface area contributed by atoms with Crippen molar-refractivity contribution in [3.05, 3.63) is 29.8 Å². The minimum absolute atomic E-state index is 0.0423. The quantitative estimate of drug-likeness (QED) is 0.864. The zero-order chi connectivity index (χ0) is 16.9. The van der Waals surface area contributed by atoms with Gasteiger partial charge in [0.15, 0.2) is 0 Å². The summed E-state index contributed by atoms with van der Waals surface area (Å²) in [6, 6.07) is 7.22. The molecule has 3 atom stereocenters. The van der Waals surface area contributed by atoms with E-state index in [0.717, 1.165) is 44.3 Å². The Morgan fingerprint density at radius 3 is 2.71 bits per heavy atom. The Balaban J connectivity index is 1.33. The molecule has 1 heterocycles. The third-order valence-electron chi connectivity index (χ3n) is 6.15. The van der Waals surface area contributed by atoms with Crippen LogP contribution in [0.5, 0.6) is 5.75 Å². The topological polar surface area (TPSA) is 66.8 Å². The number of likely N-dealkylation sites (tertiary alicyclic amines) is 1. The van der Waals surface area contributed by atoms with Gasteiger partial charge in [0.2, 0.25) is 5.91 Å². The molecule has 1 amide bonds. The van der Waals surface area contributed by atoms with E-state index in [1.807, 2.05) is 17.0 Å². The number of carbonyl (C=O) groups is 2. The number of nitrogens with zero attached hydrogens (tertiary/aromatic N) is 1. The smallest absolute Gasteiger partial charge is 0.309 e. The van der Waals surface area contributed by atoms with Gasteiger partial charge in [0, 0.05) is 19.0 Å². The van der Waals surface area contributed by atoms with E-state index in [2.05, 4.69) is 0 Å². The van der Waals surface area contributed by atoms with Crippen LogP contribution >= 0.6 is 0 Å². The molecule has 5 heteroatoms. The lowest BCUT2D eigenvalue weighted by Gasteiger charge is -2.33. The van der Waals surface area contributed by atoms with Crippen molar-refractivity contribution < 1.29 is 19.4 Å². The molecule has 3 fully saturated rings. The van der Waals surface area contributed by atoms with Crippen LogP contribution in [0.3, 0.4) is 0 Å². The van der Waals surface area contributed by atoms with Crippen LogP contribution in [0.4, 0.5) is 0 Å². The van der Waals surface area contributed by atoms with Crippen molar-refractivity contribution in [2.45, 2.75) is 31.6 Å². The summed E-state index contributed by atoms with van der Waals surface area (Å²) >= 11 is 0. The van der Waals surface area contributed by atoms with Crippen LogP contribution < -0.4 is 0 Å². The largest absolute Gasteiger partial charge is 0.508 e. The van der Waals surface area contributed by atoms with Crippen LogP contribution in [0.25, 0.3) is 0 Å². The Bertz CT molecular complexity index is 678. The van der Waals surface area contributed by atoms with E-state index in [0.29, 0.717) is 0 Å². The van der Waals surface area contributed by atoms with Crippen molar-refractivity contribution in [2.75, 3.05) is 20.2 Å². The Morgan fingerprint density at radius 2 is 2.04 bits per heavy atom. The summed E-state index contributed by atoms with van der Waals surface area (Å²) in [5, 5.41) is 9.58. The average molecular weight is 329 g/mol. The minimum Gasteiger partial charge on any atom is -0.508 e. The first-order valence-corrected chi connectivity index (χ1v) is 8.70. The Morgan fingerprint density at radius 1 is 1.29 bits per heavy atom. The number of aromatic hydroxyl groups is 1. The van der Waals surface area contributed by atoms with Gasteiger partial charge >= 0.3 is 5.97 Å². The van der Waals surface area contributed by atoms with E-state index in [9.17, 15) is 14.7 Å². The number of phenolic OH excluding ortho intramolecular Hbond substituents is 1. The van der Waals surface area contributed by atoms with Gasteiger partial charge in [-0.1, -0.05) is 12.1 Å². The summed E-state index contributed by atoms with van der Waals surface area (Å²) in [5.41, 5.74) is 1.15. The van der Waals surface area contributed by atoms with E-state index in [1.165, 1.54) is 7.11 Å². The summed E-state index contributed by atoms with van der Waals surface area (Å²) in [7, 11) is 1.45. The third-order valence-corrected chi connectivity index (χ3v) is 6.15. The summed E-state index contributed by atoms with van der Waals surface area (Å²) in [6.07, 6.45) is 3.59. The first kappa shape index (κ1) is 15.5. The molecule has 128 valence electrons. The molecule has 24 heavy (non-hydrogen) atoms. The summed E-state index contributed by atoms with van der Waals surface area (Å²) in [4.78, 5) is 26.4. The van der Waals surface area contributed by atoms with Gasteiger partial charge in [0.05, 0.1) is 13.0 Å². The number of phenols is 1. The molecule has 1 aromatic rings. The minimum atomic E-state index is -0.0964. The highest BCUT2D eigenvalue weighted by Gasteiger charge is 2.60. The number of hydrogen-bond acceptors (Lipinski definition) is 4. The number of benzene rings is 1. The highest BCUT2D eigenvalue weighted by atomic mass is 16.5. The van der Waals surface area contributed by atoms with Crippen LogP contribution in [-0.2, 0) is 14.3 Å². The molecule has 1 spiro atoms. The van der Waals surface area contributed by atoms with E-state index >= 15 is 0 Å². The van der Waals surface area contributed by atoms with Crippen LogP contribution in [0.2, 0.25) is 0 Å². The average Bonchev–Trinajstić information content (AvgIpc) is 3.50. The van der Waals surface area contributed by atoms with Gasteiger partial charge in [0.1, 0.15) is 5.75 Å². The fourth-order valence-electron chi connectivity index (χ4n) is 4.37. The fourth-order valence-corrected chi connectivity index (χ4v) is 4.37. The predicted octanol–water partition coefficient (Wildman–Crippen LogP) is 2.30. The van der Waals surface area contributed by atoms with Gasteiger partial charge in [-0.05, 0) is 54.7 Å². The molecule has 5 nitrogen and oxygen atoms in total. The maximum atomic E-state index is 12.7. The van der Waals surface area contributed by atoms with Crippen LogP contribution in [0, 0.1) is 17.3 Å². The molecule has 1 N–H and O–H groups in total. The number of hydrogen-bond donors (Lipinski definition) is 1. The number of ether oxygens (including phenoxy) is 1. The number of methoxy groups -OCH3 is 1. The molecule has 2 saturated carbocycles. The monoisotopic (exact) mass is 329 g/mol. The molecule has 2 aliphatic carbocycles. The summed E-state index contributed by atoms with van der Waals surface area (Å²) in [6.45, 7) is 1.49. The van der Waals surface area contributed by atoms with Gasteiger partial charge in [-0.25, -0.2) is 0 Å². The van der Waals surface area contributed by atoms with E-state index in [4.69, 9.17) is 4.74 Å². The second kappa shape index (κ2) is 5.50. The SMILES string of the molecule is COC(=O)C1CC12CCN(C(=O)[C@H]1C[C@@H]1c1cccc(O)c1)CC2. The zero-order valence-electron chi connectivity index (χ0n) is 13.9. The van der Waals surface area contributed by atoms with Gasteiger partial charge in [0.25, 0.3) is 0 Å². The molecule has 1 aromatic carbocycles. The molecule has 0 aromatic heterocycles. The highest BCUT2D eigenvalue weighted by molar-refractivity contribution is 5.83. The van der Waals surface area contributed by atoms with Crippen LogP contribution in [0.15, 0.2) is 24.3 Å². The molecule has 0 bridgehead atoms. The highest BCUT2D eigenvalue weighted by Crippen LogP contribution is 2.60. The van der Waals surface area contributed by atoms with Gasteiger partial charge in [-0.3, -0.25) is 9.59 Å². The predicted molar refractivity (Wildman–Crippen MR) is 87.3 cm³/mol. The number of rotatable bonds is 3. The molecule has 1 unspecified atom stereocenters. The second-order valence-electron chi connectivity index (χ2n) is 7.51. The molecule has 1 saturated heterocycles. The van der Waals surface area contributed by atoms with Crippen molar-refractivity contribution in [1.29, 1.82) is 0 Å². The Labute approximate surface area is 141 Å². The maximum Gasteiger partial charge on any atom is 0.309 e. The first-order valence-electron chi connectivity index (χ1n) is 8.70. The lowest BCUT2D eigenvalue weighted by molar-refractivity contribution is -0.143. The van der Waals surface area contributed by atoms with Gasteiger partial charge in [-0.2, -0.15) is 0 Å². The van der Waals surface area contributed by atoms with E-state index in [-0.39, 0.29) is 40.8 Å². The van der Waals surface area contributed by atoms with Crippen molar-refractivity contribution >= 4 is 11.9 Å². The van der Waals surface area contributed by atoms with Gasteiger partial charge in [-0.15, -0.1) is 0 Å². The van der Waals surface area contributed by atoms with Crippen molar-refractivity contribution in [1.82, 2.24) is 4.90 Å². The van der Waals surface area contributed by atoms with Crippen molar-refractivity contribution in [2.24, 2.45) is 17.3 Å². The number of esters is 1. The summed E-state index contributed by atoms with van der Waals surface area (Å²) in [5.74, 6) is 0.726. The normalized spacial score (nSPS) is 30.0. The molecule has 3 aliphatic rings. The fraction of sp³-hybridized carbons (Fsp3) is 0.579. The van der Waals surface area contributed by atoms with Crippen LogP contribution in [0.1, 0.15) is 37.2 Å². The maximum absolute atomic E-state index is 12.7. The number of piperidine rings is 1. The van der Waals surface area contributed by atoms with Crippen molar-refractivity contribution in [3.8, 4) is 5.75 Å². The Hall–Kier alpha value is -2.04.